The lowest BCUT2D eigenvalue weighted by Crippen LogP contribution is -2.60. The van der Waals surface area contributed by atoms with E-state index in [9.17, 15) is 0 Å². The summed E-state index contributed by atoms with van der Waals surface area (Å²) in [6.07, 6.45) is 2.76. The quantitative estimate of drug-likeness (QED) is 0.552. The Bertz CT molecular complexity index is 252. The molecule has 0 aromatic carbocycles. The first kappa shape index (κ1) is 17.5. The van der Waals surface area contributed by atoms with E-state index in [-0.39, 0.29) is 5.25 Å². The molecule has 4 nitrogen and oxygen atoms in total. The molecule has 0 amide bonds. The minimum absolute atomic E-state index is 0.0422. The van der Waals surface area contributed by atoms with E-state index in [1.165, 1.54) is 0 Å². The summed E-state index contributed by atoms with van der Waals surface area (Å²) in [5.74, 6) is -0.651. The average Bonchev–Trinajstić information content (AvgIpc) is 2.39. The summed E-state index contributed by atoms with van der Waals surface area (Å²) in [5.41, 5.74) is 0. The molecule has 0 aliphatic carbocycles. The van der Waals surface area contributed by atoms with Crippen LogP contribution in [0.5, 0.6) is 0 Å². The molecule has 2 atom stereocenters. The third-order valence-electron chi connectivity index (χ3n) is 3.35. The summed E-state index contributed by atoms with van der Waals surface area (Å²) >= 11 is 4.67. The zero-order valence-corrected chi connectivity index (χ0v) is 14.5. The summed E-state index contributed by atoms with van der Waals surface area (Å²) in [5, 5.41) is 0.0422. The van der Waals surface area contributed by atoms with Gasteiger partial charge in [-0.05, 0) is 33.6 Å². The first-order chi connectivity index (χ1) is 9.08. The Labute approximate surface area is 123 Å². The number of thiol groups is 1. The highest BCUT2D eigenvalue weighted by atomic mass is 32.1. The lowest BCUT2D eigenvalue weighted by molar-refractivity contribution is -0.221. The van der Waals surface area contributed by atoms with Crippen molar-refractivity contribution in [3.63, 3.8) is 0 Å². The summed E-state index contributed by atoms with van der Waals surface area (Å²) in [7, 11) is -2.61. The van der Waals surface area contributed by atoms with Crippen LogP contribution in [0.4, 0.5) is 0 Å². The van der Waals surface area contributed by atoms with Crippen LogP contribution in [0.2, 0.25) is 6.04 Å². The van der Waals surface area contributed by atoms with E-state index in [4.69, 9.17) is 18.0 Å². The minimum atomic E-state index is -2.61. The van der Waals surface area contributed by atoms with Gasteiger partial charge in [-0.15, -0.1) is 0 Å². The van der Waals surface area contributed by atoms with E-state index < -0.39 is 14.6 Å². The molecular formula is C13H28O4SSi. The standard InChI is InChI=1S/C13H28O4SSi/c1-5-12(18)13(14-6-2)10-9-11-19(17-13,15-7-3)16-8-4/h12,18H,5-11H2,1-4H3. The van der Waals surface area contributed by atoms with Crippen molar-refractivity contribution in [2.45, 2.75) is 64.0 Å². The molecule has 0 radical (unpaired) electrons. The molecule has 0 aromatic heterocycles. The lowest BCUT2D eigenvalue weighted by Gasteiger charge is -2.47. The van der Waals surface area contributed by atoms with Crippen LogP contribution in [-0.2, 0) is 18.0 Å². The van der Waals surface area contributed by atoms with Crippen LogP contribution in [0.3, 0.4) is 0 Å². The molecule has 114 valence electrons. The summed E-state index contributed by atoms with van der Waals surface area (Å²) in [4.78, 5) is 0. The van der Waals surface area contributed by atoms with Gasteiger partial charge in [0.05, 0.1) is 5.25 Å². The molecule has 6 heteroatoms. The predicted molar refractivity (Wildman–Crippen MR) is 81.6 cm³/mol. The lowest BCUT2D eigenvalue weighted by atomic mass is 10.0. The number of ether oxygens (including phenoxy) is 1. The van der Waals surface area contributed by atoms with Gasteiger partial charge < -0.3 is 18.0 Å². The number of hydrogen-bond donors (Lipinski definition) is 1. The van der Waals surface area contributed by atoms with Gasteiger partial charge in [-0.1, -0.05) is 6.92 Å². The molecule has 1 saturated heterocycles. The Balaban J connectivity index is 2.93. The highest BCUT2D eigenvalue weighted by molar-refractivity contribution is 7.81. The van der Waals surface area contributed by atoms with Gasteiger partial charge in [0, 0.05) is 32.3 Å². The molecule has 1 heterocycles. The SMILES string of the molecule is CCOC1(C(S)CC)CCC[Si](OCC)(OCC)O1. The average molecular weight is 309 g/mol. The van der Waals surface area contributed by atoms with Crippen molar-refractivity contribution < 1.29 is 18.0 Å². The smallest absolute Gasteiger partial charge is 0.374 e. The Morgan fingerprint density at radius 1 is 1.16 bits per heavy atom. The van der Waals surface area contributed by atoms with E-state index >= 15 is 0 Å². The first-order valence-electron chi connectivity index (χ1n) is 7.38. The largest absolute Gasteiger partial charge is 0.503 e. The third-order valence-corrected chi connectivity index (χ3v) is 7.19. The van der Waals surface area contributed by atoms with Crippen molar-refractivity contribution in [1.29, 1.82) is 0 Å². The fourth-order valence-electron chi connectivity index (χ4n) is 2.59. The molecule has 1 aliphatic rings. The van der Waals surface area contributed by atoms with Crippen LogP contribution in [-0.4, -0.2) is 39.7 Å². The van der Waals surface area contributed by atoms with Crippen molar-refractivity contribution in [2.75, 3.05) is 19.8 Å². The van der Waals surface area contributed by atoms with Gasteiger partial charge in [0.25, 0.3) is 0 Å². The fraction of sp³-hybridized carbons (Fsp3) is 1.00. The summed E-state index contributed by atoms with van der Waals surface area (Å²) in [6.45, 7) is 9.87. The van der Waals surface area contributed by atoms with Gasteiger partial charge in [0.15, 0.2) is 5.79 Å². The molecule has 0 spiro atoms. The molecule has 0 saturated carbocycles. The van der Waals surface area contributed by atoms with Gasteiger partial charge in [-0.3, -0.25) is 0 Å². The van der Waals surface area contributed by atoms with Crippen LogP contribution in [0, 0.1) is 0 Å². The van der Waals surface area contributed by atoms with E-state index in [0.29, 0.717) is 19.8 Å². The molecule has 2 unspecified atom stereocenters. The van der Waals surface area contributed by atoms with E-state index in [2.05, 4.69) is 19.6 Å². The second-order valence-corrected chi connectivity index (χ2v) is 7.94. The fourth-order valence-corrected chi connectivity index (χ4v) is 5.86. The highest BCUT2D eigenvalue weighted by Gasteiger charge is 2.54. The van der Waals surface area contributed by atoms with Crippen LogP contribution in [0.15, 0.2) is 0 Å². The summed E-state index contributed by atoms with van der Waals surface area (Å²) in [6, 6.07) is 0.869. The maximum absolute atomic E-state index is 6.33. The van der Waals surface area contributed by atoms with Crippen molar-refractivity contribution in [3.8, 4) is 0 Å². The van der Waals surface area contributed by atoms with Gasteiger partial charge in [0.2, 0.25) is 0 Å². The third kappa shape index (κ3) is 4.19. The van der Waals surface area contributed by atoms with Crippen LogP contribution in [0.1, 0.15) is 47.0 Å². The topological polar surface area (TPSA) is 36.9 Å². The van der Waals surface area contributed by atoms with Gasteiger partial charge in [-0.25, -0.2) is 0 Å². The molecule has 19 heavy (non-hydrogen) atoms. The first-order valence-corrected chi connectivity index (χ1v) is 9.83. The van der Waals surface area contributed by atoms with Crippen molar-refractivity contribution in [1.82, 2.24) is 0 Å². The molecule has 1 rings (SSSR count). The van der Waals surface area contributed by atoms with Crippen molar-refractivity contribution in [2.24, 2.45) is 0 Å². The van der Waals surface area contributed by atoms with Crippen molar-refractivity contribution in [3.05, 3.63) is 0 Å². The maximum Gasteiger partial charge on any atom is 0.503 e. The normalized spacial score (nSPS) is 28.3. The minimum Gasteiger partial charge on any atom is -0.374 e. The van der Waals surface area contributed by atoms with E-state index in [0.717, 1.165) is 25.3 Å². The molecule has 0 aromatic rings. The van der Waals surface area contributed by atoms with E-state index in [1.54, 1.807) is 0 Å². The van der Waals surface area contributed by atoms with Crippen molar-refractivity contribution >= 4 is 21.4 Å². The number of hydrogen-bond acceptors (Lipinski definition) is 5. The zero-order valence-electron chi connectivity index (χ0n) is 12.6. The van der Waals surface area contributed by atoms with Gasteiger partial charge in [-0.2, -0.15) is 12.6 Å². The Hall–Kier alpha value is 0.407. The second kappa shape index (κ2) is 8.00. The Morgan fingerprint density at radius 3 is 2.26 bits per heavy atom. The number of rotatable bonds is 8. The summed E-state index contributed by atoms with van der Waals surface area (Å²) < 4.78 is 24.1. The zero-order chi connectivity index (χ0) is 14.4. The monoisotopic (exact) mass is 308 g/mol. The van der Waals surface area contributed by atoms with Gasteiger partial charge in [0.1, 0.15) is 0 Å². The van der Waals surface area contributed by atoms with E-state index in [1.807, 2.05) is 20.8 Å². The van der Waals surface area contributed by atoms with Gasteiger partial charge >= 0.3 is 8.80 Å². The molecule has 1 aliphatic heterocycles. The Kier molecular flexibility index (Phi) is 7.35. The molecule has 1 fully saturated rings. The molecular weight excluding hydrogens is 280 g/mol. The maximum atomic E-state index is 6.33. The highest BCUT2D eigenvalue weighted by Crippen LogP contribution is 2.40. The molecule has 0 N–H and O–H groups in total. The van der Waals surface area contributed by atoms with Crippen LogP contribution in [0.25, 0.3) is 0 Å². The van der Waals surface area contributed by atoms with Crippen LogP contribution < -0.4 is 0 Å². The molecule has 0 bridgehead atoms. The predicted octanol–water partition coefficient (Wildman–Crippen LogP) is 3.25. The second-order valence-electron chi connectivity index (χ2n) is 4.67. The van der Waals surface area contributed by atoms with Crippen LogP contribution >= 0.6 is 12.6 Å². The Morgan fingerprint density at radius 2 is 1.79 bits per heavy atom.